The Morgan fingerprint density at radius 2 is 2.00 bits per heavy atom. The highest BCUT2D eigenvalue weighted by atomic mass is 16.3. The third kappa shape index (κ3) is 2.74. The van der Waals surface area contributed by atoms with Gasteiger partial charge >= 0.3 is 0 Å². The minimum Gasteiger partial charge on any atom is -0.467 e. The van der Waals surface area contributed by atoms with Gasteiger partial charge in [-0.3, -0.25) is 4.98 Å². The first-order valence-corrected chi connectivity index (χ1v) is 5.92. The monoisotopic (exact) mass is 230 g/mol. The van der Waals surface area contributed by atoms with Crippen LogP contribution in [0.2, 0.25) is 0 Å². The predicted octanol–water partition coefficient (Wildman–Crippen LogP) is 2.99. The second-order valence-corrected chi connectivity index (χ2v) is 4.19. The molecule has 3 heteroatoms. The summed E-state index contributed by atoms with van der Waals surface area (Å²) >= 11 is 0. The molecule has 1 N–H and O–H groups in total. The highest BCUT2D eigenvalue weighted by molar-refractivity contribution is 5.29. The van der Waals surface area contributed by atoms with Gasteiger partial charge in [-0.25, -0.2) is 0 Å². The van der Waals surface area contributed by atoms with Crippen LogP contribution in [0.15, 0.2) is 34.9 Å². The van der Waals surface area contributed by atoms with Crippen molar-refractivity contribution in [2.75, 3.05) is 6.54 Å². The molecule has 0 radical (unpaired) electrons. The molecule has 2 aromatic rings. The zero-order chi connectivity index (χ0) is 12.3. The normalized spacial score (nSPS) is 12.6. The van der Waals surface area contributed by atoms with Crippen molar-refractivity contribution in [3.63, 3.8) is 0 Å². The average molecular weight is 230 g/mol. The van der Waals surface area contributed by atoms with E-state index in [1.165, 1.54) is 5.56 Å². The van der Waals surface area contributed by atoms with Crippen LogP contribution in [0.3, 0.4) is 0 Å². The van der Waals surface area contributed by atoms with Gasteiger partial charge in [0.2, 0.25) is 0 Å². The average Bonchev–Trinajstić information content (AvgIpc) is 2.77. The van der Waals surface area contributed by atoms with Gasteiger partial charge in [0.05, 0.1) is 12.3 Å². The number of hydrogen-bond acceptors (Lipinski definition) is 3. The van der Waals surface area contributed by atoms with Crippen molar-refractivity contribution in [3.05, 3.63) is 53.2 Å². The molecule has 0 spiro atoms. The predicted molar refractivity (Wildman–Crippen MR) is 67.9 cm³/mol. The third-order valence-corrected chi connectivity index (χ3v) is 2.67. The van der Waals surface area contributed by atoms with Gasteiger partial charge in [0, 0.05) is 11.4 Å². The molecule has 0 aromatic carbocycles. The van der Waals surface area contributed by atoms with E-state index in [1.807, 2.05) is 26.0 Å². The smallest absolute Gasteiger partial charge is 0.125 e. The first-order valence-electron chi connectivity index (χ1n) is 5.92. The summed E-state index contributed by atoms with van der Waals surface area (Å²) in [5, 5.41) is 3.43. The maximum Gasteiger partial charge on any atom is 0.125 e. The summed E-state index contributed by atoms with van der Waals surface area (Å²) in [6.07, 6.45) is 1.71. The molecule has 0 aliphatic carbocycles. The van der Waals surface area contributed by atoms with Crippen LogP contribution < -0.4 is 5.32 Å². The summed E-state index contributed by atoms with van der Waals surface area (Å²) in [5.41, 5.74) is 3.27. The largest absolute Gasteiger partial charge is 0.467 e. The third-order valence-electron chi connectivity index (χ3n) is 2.67. The number of rotatable bonds is 4. The number of nitrogens with one attached hydrogen (secondary N) is 1. The SMILES string of the molecule is CCNC(c1cc(C)nc(C)c1)c1ccco1. The van der Waals surface area contributed by atoms with Gasteiger partial charge < -0.3 is 9.73 Å². The van der Waals surface area contributed by atoms with Crippen molar-refractivity contribution >= 4 is 0 Å². The first kappa shape index (κ1) is 11.9. The highest BCUT2D eigenvalue weighted by Crippen LogP contribution is 2.23. The topological polar surface area (TPSA) is 38.1 Å². The Hall–Kier alpha value is -1.61. The number of aryl methyl sites for hydroxylation is 2. The maximum atomic E-state index is 5.50. The molecule has 0 aliphatic heterocycles. The molecule has 2 heterocycles. The minimum atomic E-state index is 0.107. The summed E-state index contributed by atoms with van der Waals surface area (Å²) in [6.45, 7) is 7.02. The second kappa shape index (κ2) is 5.15. The van der Waals surface area contributed by atoms with Gasteiger partial charge in [-0.1, -0.05) is 6.92 Å². The Bertz CT molecular complexity index is 457. The summed E-state index contributed by atoms with van der Waals surface area (Å²) < 4.78 is 5.50. The van der Waals surface area contributed by atoms with E-state index in [0.29, 0.717) is 0 Å². The molecule has 0 saturated carbocycles. The Morgan fingerprint density at radius 3 is 2.53 bits per heavy atom. The molecule has 1 unspecified atom stereocenters. The lowest BCUT2D eigenvalue weighted by molar-refractivity contribution is 0.452. The Balaban J connectivity index is 2.38. The summed E-state index contributed by atoms with van der Waals surface area (Å²) in [7, 11) is 0. The van der Waals surface area contributed by atoms with Crippen LogP contribution in [0.4, 0.5) is 0 Å². The fourth-order valence-corrected chi connectivity index (χ4v) is 2.08. The number of hydrogen-bond donors (Lipinski definition) is 1. The van der Waals surface area contributed by atoms with Gasteiger partial charge in [0.15, 0.2) is 0 Å². The summed E-state index contributed by atoms with van der Waals surface area (Å²) in [5.74, 6) is 0.942. The van der Waals surface area contributed by atoms with Crippen LogP contribution >= 0.6 is 0 Å². The Kier molecular flexibility index (Phi) is 3.59. The van der Waals surface area contributed by atoms with Crippen molar-refractivity contribution in [1.29, 1.82) is 0 Å². The number of pyridine rings is 1. The molecular formula is C14H18N2O. The second-order valence-electron chi connectivity index (χ2n) is 4.19. The van der Waals surface area contributed by atoms with Crippen molar-refractivity contribution in [2.24, 2.45) is 0 Å². The van der Waals surface area contributed by atoms with Crippen LogP contribution in [0.5, 0.6) is 0 Å². The van der Waals surface area contributed by atoms with Crippen LogP contribution in [0.25, 0.3) is 0 Å². The first-order chi connectivity index (χ1) is 8.20. The van der Waals surface area contributed by atoms with Crippen molar-refractivity contribution in [3.8, 4) is 0 Å². The standard InChI is InChI=1S/C14H18N2O/c1-4-15-14(13-6-5-7-17-13)12-8-10(2)16-11(3)9-12/h5-9,14-15H,4H2,1-3H3. The lowest BCUT2D eigenvalue weighted by Crippen LogP contribution is -2.21. The van der Waals surface area contributed by atoms with Crippen molar-refractivity contribution < 1.29 is 4.42 Å². The molecular weight excluding hydrogens is 212 g/mol. The van der Waals surface area contributed by atoms with E-state index in [9.17, 15) is 0 Å². The van der Waals surface area contributed by atoms with E-state index in [4.69, 9.17) is 4.42 Å². The van der Waals surface area contributed by atoms with Crippen molar-refractivity contribution in [1.82, 2.24) is 10.3 Å². The Morgan fingerprint density at radius 1 is 1.29 bits per heavy atom. The summed E-state index contributed by atoms with van der Waals surface area (Å²) in [4.78, 5) is 4.40. The van der Waals surface area contributed by atoms with Crippen LogP contribution in [-0.2, 0) is 0 Å². The van der Waals surface area contributed by atoms with E-state index in [2.05, 4.69) is 29.4 Å². The van der Waals surface area contributed by atoms with Crippen LogP contribution in [0.1, 0.15) is 35.7 Å². The van der Waals surface area contributed by atoms with Gasteiger partial charge in [0.25, 0.3) is 0 Å². The van der Waals surface area contributed by atoms with E-state index in [0.717, 1.165) is 23.7 Å². The zero-order valence-corrected chi connectivity index (χ0v) is 10.5. The van der Waals surface area contributed by atoms with Gasteiger partial charge in [-0.05, 0) is 50.2 Å². The summed E-state index contributed by atoms with van der Waals surface area (Å²) in [6, 6.07) is 8.22. The molecule has 0 amide bonds. The van der Waals surface area contributed by atoms with Crippen LogP contribution in [-0.4, -0.2) is 11.5 Å². The van der Waals surface area contributed by atoms with Gasteiger partial charge in [-0.15, -0.1) is 0 Å². The molecule has 1 atom stereocenters. The molecule has 90 valence electrons. The number of furan rings is 1. The van der Waals surface area contributed by atoms with Crippen molar-refractivity contribution in [2.45, 2.75) is 26.8 Å². The highest BCUT2D eigenvalue weighted by Gasteiger charge is 2.16. The van der Waals surface area contributed by atoms with Gasteiger partial charge in [0.1, 0.15) is 5.76 Å². The fraction of sp³-hybridized carbons (Fsp3) is 0.357. The maximum absolute atomic E-state index is 5.50. The van der Waals surface area contributed by atoms with E-state index in [-0.39, 0.29) is 6.04 Å². The molecule has 2 rings (SSSR count). The minimum absolute atomic E-state index is 0.107. The fourth-order valence-electron chi connectivity index (χ4n) is 2.08. The molecule has 0 bridgehead atoms. The molecule has 2 aromatic heterocycles. The molecule has 17 heavy (non-hydrogen) atoms. The Labute approximate surface area is 102 Å². The lowest BCUT2D eigenvalue weighted by atomic mass is 10.0. The zero-order valence-electron chi connectivity index (χ0n) is 10.5. The van der Waals surface area contributed by atoms with E-state index < -0.39 is 0 Å². The van der Waals surface area contributed by atoms with Crippen LogP contribution in [0, 0.1) is 13.8 Å². The molecule has 0 fully saturated rings. The quantitative estimate of drug-likeness (QED) is 0.877. The van der Waals surface area contributed by atoms with Gasteiger partial charge in [-0.2, -0.15) is 0 Å². The molecule has 3 nitrogen and oxygen atoms in total. The van der Waals surface area contributed by atoms with E-state index in [1.54, 1.807) is 6.26 Å². The number of nitrogens with zero attached hydrogens (tertiary/aromatic N) is 1. The van der Waals surface area contributed by atoms with E-state index >= 15 is 0 Å². The lowest BCUT2D eigenvalue weighted by Gasteiger charge is -2.16. The molecule has 0 saturated heterocycles. The number of aromatic nitrogens is 1. The molecule has 0 aliphatic rings.